The highest BCUT2D eigenvalue weighted by Gasteiger charge is 2.21. The lowest BCUT2D eigenvalue weighted by Crippen LogP contribution is -2.34. The van der Waals surface area contributed by atoms with Crippen molar-refractivity contribution in [1.29, 1.82) is 0 Å². The molecular weight excluding hydrogens is 366 g/mol. The molecule has 0 radical (unpaired) electrons. The SMILES string of the molecule is CN(C(=O)OC(C)(C)C)c1ccc(OCc2cc(C(C)(C)CN)ccc2N)cc1. The van der Waals surface area contributed by atoms with Gasteiger partial charge in [-0.1, -0.05) is 19.9 Å². The molecule has 0 aliphatic carbocycles. The second-order valence-electron chi connectivity index (χ2n) is 8.82. The fraction of sp³-hybridized carbons (Fsp3) is 0.435. The molecule has 4 N–H and O–H groups in total. The predicted octanol–water partition coefficient (Wildman–Crippen LogP) is 4.46. The minimum absolute atomic E-state index is 0.129. The maximum atomic E-state index is 12.2. The van der Waals surface area contributed by atoms with Crippen LogP contribution < -0.4 is 21.1 Å². The van der Waals surface area contributed by atoms with Gasteiger partial charge in [-0.3, -0.25) is 4.90 Å². The van der Waals surface area contributed by atoms with Crippen LogP contribution >= 0.6 is 0 Å². The number of hydrogen-bond acceptors (Lipinski definition) is 5. The van der Waals surface area contributed by atoms with Crippen molar-refractivity contribution in [2.45, 2.75) is 52.2 Å². The summed E-state index contributed by atoms with van der Waals surface area (Å²) in [4.78, 5) is 13.6. The zero-order valence-corrected chi connectivity index (χ0v) is 18.3. The van der Waals surface area contributed by atoms with Gasteiger partial charge in [0.25, 0.3) is 0 Å². The van der Waals surface area contributed by atoms with E-state index in [2.05, 4.69) is 13.8 Å². The van der Waals surface area contributed by atoms with Crippen molar-refractivity contribution >= 4 is 17.5 Å². The number of ether oxygens (including phenoxy) is 2. The normalized spacial score (nSPS) is 11.8. The van der Waals surface area contributed by atoms with Gasteiger partial charge in [0.05, 0.1) is 0 Å². The Morgan fingerprint density at radius 3 is 2.21 bits per heavy atom. The molecule has 2 aromatic carbocycles. The Bertz CT molecular complexity index is 839. The number of carbonyl (C=O) groups is 1. The van der Waals surface area contributed by atoms with E-state index in [0.29, 0.717) is 24.6 Å². The molecule has 0 saturated heterocycles. The van der Waals surface area contributed by atoms with Gasteiger partial charge in [-0.25, -0.2) is 4.79 Å². The largest absolute Gasteiger partial charge is 0.489 e. The molecule has 0 atom stereocenters. The Labute approximate surface area is 173 Å². The highest BCUT2D eigenvalue weighted by atomic mass is 16.6. The number of carbonyl (C=O) groups excluding carboxylic acids is 1. The minimum atomic E-state index is -0.540. The van der Waals surface area contributed by atoms with E-state index in [1.165, 1.54) is 4.90 Å². The van der Waals surface area contributed by atoms with Crippen molar-refractivity contribution in [3.8, 4) is 5.75 Å². The molecule has 0 aliphatic rings. The summed E-state index contributed by atoms with van der Waals surface area (Å²) in [6.07, 6.45) is -0.404. The first-order valence-electron chi connectivity index (χ1n) is 9.71. The van der Waals surface area contributed by atoms with E-state index in [0.717, 1.165) is 16.8 Å². The predicted molar refractivity (Wildman–Crippen MR) is 118 cm³/mol. The Morgan fingerprint density at radius 2 is 1.66 bits per heavy atom. The monoisotopic (exact) mass is 399 g/mol. The maximum Gasteiger partial charge on any atom is 0.414 e. The number of nitrogens with zero attached hydrogens (tertiary/aromatic N) is 1. The molecule has 0 saturated carbocycles. The van der Waals surface area contributed by atoms with E-state index in [-0.39, 0.29) is 5.41 Å². The summed E-state index contributed by atoms with van der Waals surface area (Å²) in [5, 5.41) is 0. The molecule has 0 bridgehead atoms. The first-order valence-corrected chi connectivity index (χ1v) is 9.71. The number of nitrogen functional groups attached to an aromatic ring is 1. The third-order valence-electron chi connectivity index (χ3n) is 4.72. The van der Waals surface area contributed by atoms with E-state index < -0.39 is 11.7 Å². The molecule has 158 valence electrons. The van der Waals surface area contributed by atoms with Crippen LogP contribution in [0.15, 0.2) is 42.5 Å². The third-order valence-corrected chi connectivity index (χ3v) is 4.72. The van der Waals surface area contributed by atoms with Crippen LogP contribution in [0.5, 0.6) is 5.75 Å². The first kappa shape index (κ1) is 22.6. The maximum absolute atomic E-state index is 12.2. The molecule has 6 nitrogen and oxygen atoms in total. The van der Waals surface area contributed by atoms with Crippen LogP contribution in [0.2, 0.25) is 0 Å². The Kier molecular flexibility index (Phi) is 6.80. The third kappa shape index (κ3) is 6.12. The molecule has 0 unspecified atom stereocenters. The Balaban J connectivity index is 2.06. The van der Waals surface area contributed by atoms with Crippen molar-refractivity contribution in [3.05, 3.63) is 53.6 Å². The molecule has 2 aromatic rings. The average Bonchev–Trinajstić information content (AvgIpc) is 2.65. The second-order valence-corrected chi connectivity index (χ2v) is 8.82. The standard InChI is InChI=1S/C23H33N3O3/c1-22(2,3)29-21(27)26(6)18-8-10-19(11-9-18)28-14-16-13-17(7-12-20(16)25)23(4,5)15-24/h7-13H,14-15,24-25H2,1-6H3. The lowest BCUT2D eigenvalue weighted by molar-refractivity contribution is 0.0589. The van der Waals surface area contributed by atoms with Crippen LogP contribution in [0.1, 0.15) is 45.7 Å². The van der Waals surface area contributed by atoms with Crippen LogP contribution in [-0.2, 0) is 16.8 Å². The number of amides is 1. The van der Waals surface area contributed by atoms with Gasteiger partial charge in [-0.15, -0.1) is 0 Å². The van der Waals surface area contributed by atoms with E-state index in [1.54, 1.807) is 7.05 Å². The first-order chi connectivity index (χ1) is 13.4. The number of rotatable bonds is 6. The fourth-order valence-electron chi connectivity index (χ4n) is 2.63. The highest BCUT2D eigenvalue weighted by molar-refractivity contribution is 5.87. The van der Waals surface area contributed by atoms with Gasteiger partial charge in [0, 0.05) is 35.9 Å². The summed E-state index contributed by atoms with van der Waals surface area (Å²) < 4.78 is 11.3. The lowest BCUT2D eigenvalue weighted by Gasteiger charge is -2.25. The van der Waals surface area contributed by atoms with Crippen molar-refractivity contribution in [1.82, 2.24) is 0 Å². The van der Waals surface area contributed by atoms with E-state index >= 15 is 0 Å². The van der Waals surface area contributed by atoms with Gasteiger partial charge in [0.1, 0.15) is 18.0 Å². The van der Waals surface area contributed by atoms with Gasteiger partial charge in [-0.2, -0.15) is 0 Å². The van der Waals surface area contributed by atoms with Crippen molar-refractivity contribution in [2.75, 3.05) is 24.2 Å². The summed E-state index contributed by atoms with van der Waals surface area (Å²) in [7, 11) is 1.68. The number of hydrogen-bond donors (Lipinski definition) is 2. The molecule has 0 spiro atoms. The zero-order valence-electron chi connectivity index (χ0n) is 18.3. The van der Waals surface area contributed by atoms with Crippen LogP contribution in [0.3, 0.4) is 0 Å². The topological polar surface area (TPSA) is 90.8 Å². The van der Waals surface area contributed by atoms with Crippen molar-refractivity contribution in [2.24, 2.45) is 5.73 Å². The minimum Gasteiger partial charge on any atom is -0.489 e. The molecule has 2 rings (SSSR count). The number of anilines is 2. The molecule has 29 heavy (non-hydrogen) atoms. The second kappa shape index (κ2) is 8.74. The molecule has 0 heterocycles. The summed E-state index contributed by atoms with van der Waals surface area (Å²) >= 11 is 0. The quantitative estimate of drug-likeness (QED) is 0.700. The molecule has 6 heteroatoms. The Hall–Kier alpha value is -2.73. The summed E-state index contributed by atoms with van der Waals surface area (Å²) in [5.74, 6) is 0.689. The summed E-state index contributed by atoms with van der Waals surface area (Å²) in [6.45, 7) is 10.6. The van der Waals surface area contributed by atoms with Gasteiger partial charge >= 0.3 is 6.09 Å². The zero-order chi connectivity index (χ0) is 21.8. The van der Waals surface area contributed by atoms with Gasteiger partial charge < -0.3 is 20.9 Å². The smallest absolute Gasteiger partial charge is 0.414 e. The van der Waals surface area contributed by atoms with Crippen LogP contribution in [-0.4, -0.2) is 25.3 Å². The van der Waals surface area contributed by atoms with Crippen LogP contribution in [0, 0.1) is 0 Å². The van der Waals surface area contributed by atoms with Crippen LogP contribution in [0.25, 0.3) is 0 Å². The van der Waals surface area contributed by atoms with E-state index in [4.69, 9.17) is 20.9 Å². The molecule has 0 aromatic heterocycles. The summed E-state index contributed by atoms with van der Waals surface area (Å²) in [5.41, 5.74) is 14.8. The highest BCUT2D eigenvalue weighted by Crippen LogP contribution is 2.27. The van der Waals surface area contributed by atoms with Gasteiger partial charge in [0.2, 0.25) is 0 Å². The van der Waals surface area contributed by atoms with E-state index in [1.807, 2.05) is 63.2 Å². The summed E-state index contributed by atoms with van der Waals surface area (Å²) in [6, 6.07) is 13.2. The molecule has 0 fully saturated rings. The van der Waals surface area contributed by atoms with Crippen molar-refractivity contribution in [3.63, 3.8) is 0 Å². The van der Waals surface area contributed by atoms with Gasteiger partial charge in [0.15, 0.2) is 0 Å². The number of benzene rings is 2. The van der Waals surface area contributed by atoms with Crippen LogP contribution in [0.4, 0.5) is 16.2 Å². The Morgan fingerprint density at radius 1 is 1.03 bits per heavy atom. The van der Waals surface area contributed by atoms with Gasteiger partial charge in [-0.05, 0) is 62.7 Å². The lowest BCUT2D eigenvalue weighted by atomic mass is 9.84. The average molecular weight is 400 g/mol. The fourth-order valence-corrected chi connectivity index (χ4v) is 2.63. The number of nitrogens with two attached hydrogens (primary N) is 2. The molecule has 1 amide bonds. The molecule has 0 aliphatic heterocycles. The van der Waals surface area contributed by atoms with E-state index in [9.17, 15) is 4.79 Å². The van der Waals surface area contributed by atoms with Crippen molar-refractivity contribution < 1.29 is 14.3 Å². The molecular formula is C23H33N3O3.